The van der Waals surface area contributed by atoms with Gasteiger partial charge in [0.25, 0.3) is 0 Å². The van der Waals surface area contributed by atoms with Gasteiger partial charge < -0.3 is 0 Å². The molecule has 0 aliphatic heterocycles. The summed E-state index contributed by atoms with van der Waals surface area (Å²) < 4.78 is 20.6. The predicted molar refractivity (Wildman–Crippen MR) is 28.8 cm³/mol. The van der Waals surface area contributed by atoms with Gasteiger partial charge >= 0.3 is 0 Å². The smallest absolute Gasteiger partial charge is 0.240 e. The van der Waals surface area contributed by atoms with Crippen LogP contribution in [0, 0.1) is 0 Å². The summed E-state index contributed by atoms with van der Waals surface area (Å²) in [4.78, 5) is 19.4. The molecule has 0 aliphatic rings. The van der Waals surface area contributed by atoms with E-state index >= 15 is 0 Å². The third-order valence-corrected chi connectivity index (χ3v) is 1.53. The molecule has 0 radical (unpaired) electrons. The maximum Gasteiger partial charge on any atom is 0.240 e. The second-order valence-electron chi connectivity index (χ2n) is 1.30. The fraction of sp³-hybridized carbons (Fsp3) is 0.333. The number of imide groups is 1. The van der Waals surface area contributed by atoms with Gasteiger partial charge in [0.15, 0.2) is 0 Å². The van der Waals surface area contributed by atoms with Crippen molar-refractivity contribution in [3.8, 4) is 0 Å². The molecule has 0 bridgehead atoms. The average Bonchev–Trinajstić information content (AvgIpc) is 1.65. The van der Waals surface area contributed by atoms with Crippen LogP contribution in [0.15, 0.2) is 0 Å². The van der Waals surface area contributed by atoms with Gasteiger partial charge in [0.2, 0.25) is 22.8 Å². The highest BCUT2D eigenvalue weighted by atomic mass is 32.2. The van der Waals surface area contributed by atoms with Crippen LogP contribution >= 0.6 is 0 Å². The van der Waals surface area contributed by atoms with Crippen LogP contribution in [0.1, 0.15) is 0 Å². The first-order valence-electron chi connectivity index (χ1n) is 1.91. The molecule has 9 heavy (non-hydrogen) atoms. The third kappa shape index (κ3) is 2.22. The number of hydrogen-bond donors (Lipinski definition) is 0. The van der Waals surface area contributed by atoms with E-state index in [0.717, 1.165) is 6.26 Å². The minimum absolute atomic E-state index is 0.0486. The average molecular weight is 151 g/mol. The predicted octanol–water partition coefficient (Wildman–Crippen LogP) is -1.44. The minimum atomic E-state index is -3.67. The number of carbonyl (C=O) groups is 2. The van der Waals surface area contributed by atoms with Gasteiger partial charge in [0.05, 0.1) is 6.26 Å². The summed E-state index contributed by atoms with van der Waals surface area (Å²) >= 11 is 0. The first-order valence-corrected chi connectivity index (χ1v) is 3.76. The Morgan fingerprint density at radius 2 is 1.56 bits per heavy atom. The van der Waals surface area contributed by atoms with E-state index in [2.05, 4.69) is 0 Å². The molecule has 52 valence electrons. The standard InChI is InChI=1S/C3H5NO4S/c1-9(7,8)4(2-5)3-6/h2-3H,1H3. The molecule has 0 aliphatic carbocycles. The summed E-state index contributed by atoms with van der Waals surface area (Å²) in [5.41, 5.74) is 0. The lowest BCUT2D eigenvalue weighted by molar-refractivity contribution is -0.123. The van der Waals surface area contributed by atoms with E-state index in [1.807, 2.05) is 0 Å². The van der Waals surface area contributed by atoms with Gasteiger partial charge in [-0.05, 0) is 0 Å². The zero-order chi connectivity index (χ0) is 7.49. The molecular weight excluding hydrogens is 146 g/mol. The van der Waals surface area contributed by atoms with E-state index in [-0.39, 0.29) is 17.1 Å². The number of amides is 2. The van der Waals surface area contributed by atoms with Gasteiger partial charge in [-0.3, -0.25) is 9.59 Å². The van der Waals surface area contributed by atoms with E-state index in [1.165, 1.54) is 0 Å². The van der Waals surface area contributed by atoms with Gasteiger partial charge in [-0.1, -0.05) is 0 Å². The summed E-state index contributed by atoms with van der Waals surface area (Å²) in [5, 5.41) is 0. The van der Waals surface area contributed by atoms with E-state index in [4.69, 9.17) is 0 Å². The number of nitrogens with zero attached hydrogens (tertiary/aromatic N) is 1. The molecule has 0 aromatic carbocycles. The Hall–Kier alpha value is -0.910. The second-order valence-corrected chi connectivity index (χ2v) is 3.19. The van der Waals surface area contributed by atoms with Gasteiger partial charge in [-0.15, -0.1) is 0 Å². The van der Waals surface area contributed by atoms with Crippen LogP contribution in [0.3, 0.4) is 0 Å². The molecule has 0 N–H and O–H groups in total. The Balaban J connectivity index is 4.51. The molecular formula is C3H5NO4S. The molecule has 6 heteroatoms. The number of carbonyl (C=O) groups excluding carboxylic acids is 2. The van der Waals surface area contributed by atoms with Crippen molar-refractivity contribution in [1.82, 2.24) is 4.31 Å². The van der Waals surface area contributed by atoms with Crippen LogP contribution in [0.5, 0.6) is 0 Å². The van der Waals surface area contributed by atoms with Crippen LogP contribution in [0.25, 0.3) is 0 Å². The van der Waals surface area contributed by atoms with Crippen molar-refractivity contribution in [2.24, 2.45) is 0 Å². The fourth-order valence-corrected chi connectivity index (χ4v) is 0.494. The topological polar surface area (TPSA) is 71.5 Å². The molecule has 0 saturated heterocycles. The van der Waals surface area contributed by atoms with Crippen molar-refractivity contribution in [3.05, 3.63) is 0 Å². The molecule has 0 aromatic rings. The van der Waals surface area contributed by atoms with E-state index in [9.17, 15) is 18.0 Å². The summed E-state index contributed by atoms with van der Waals surface area (Å²) in [7, 11) is -3.67. The zero-order valence-electron chi connectivity index (χ0n) is 4.64. The van der Waals surface area contributed by atoms with Crippen molar-refractivity contribution in [2.75, 3.05) is 6.26 Å². The number of sulfonamides is 1. The van der Waals surface area contributed by atoms with Crippen molar-refractivity contribution in [3.63, 3.8) is 0 Å². The molecule has 0 fully saturated rings. The van der Waals surface area contributed by atoms with E-state index in [0.29, 0.717) is 0 Å². The highest BCUT2D eigenvalue weighted by Crippen LogP contribution is 1.85. The monoisotopic (exact) mass is 151 g/mol. The number of rotatable bonds is 3. The van der Waals surface area contributed by atoms with Crippen molar-refractivity contribution in [1.29, 1.82) is 0 Å². The molecule has 0 spiro atoms. The van der Waals surface area contributed by atoms with E-state index < -0.39 is 10.0 Å². The fourth-order valence-electron chi connectivity index (χ4n) is 0.181. The van der Waals surface area contributed by atoms with E-state index in [1.54, 1.807) is 0 Å². The molecule has 5 nitrogen and oxygen atoms in total. The lowest BCUT2D eigenvalue weighted by Crippen LogP contribution is -2.26. The maximum absolute atomic E-state index is 10.3. The molecule has 0 saturated carbocycles. The highest BCUT2D eigenvalue weighted by Gasteiger charge is 2.10. The highest BCUT2D eigenvalue weighted by molar-refractivity contribution is 7.89. The zero-order valence-corrected chi connectivity index (χ0v) is 5.46. The number of hydrogen-bond acceptors (Lipinski definition) is 4. The van der Waals surface area contributed by atoms with Crippen molar-refractivity contribution < 1.29 is 18.0 Å². The van der Waals surface area contributed by atoms with Crippen LogP contribution in [-0.2, 0) is 19.6 Å². The normalized spacial score (nSPS) is 10.3. The minimum Gasteiger partial charge on any atom is -0.277 e. The first kappa shape index (κ1) is 8.09. The molecule has 0 rings (SSSR count). The molecule has 2 amide bonds. The largest absolute Gasteiger partial charge is 0.277 e. The van der Waals surface area contributed by atoms with Crippen LogP contribution in [0.2, 0.25) is 0 Å². The summed E-state index contributed by atoms with van der Waals surface area (Å²) in [5.74, 6) is 0. The lowest BCUT2D eigenvalue weighted by atomic mass is 11.2. The van der Waals surface area contributed by atoms with Gasteiger partial charge in [0.1, 0.15) is 0 Å². The van der Waals surface area contributed by atoms with Crippen molar-refractivity contribution in [2.45, 2.75) is 0 Å². The SMILES string of the molecule is CS(=O)(=O)N(C=O)C=O. The molecule has 0 heterocycles. The summed E-state index contributed by atoms with van der Waals surface area (Å²) in [6, 6.07) is 0. The molecule has 0 unspecified atom stereocenters. The lowest BCUT2D eigenvalue weighted by Gasteiger charge is -2.02. The Kier molecular flexibility index (Phi) is 2.32. The van der Waals surface area contributed by atoms with Gasteiger partial charge in [-0.25, -0.2) is 8.42 Å². The first-order chi connectivity index (χ1) is 4.02. The van der Waals surface area contributed by atoms with Crippen molar-refractivity contribution >= 4 is 22.8 Å². The quantitative estimate of drug-likeness (QED) is 0.463. The second kappa shape index (κ2) is 2.58. The maximum atomic E-state index is 10.3. The summed E-state index contributed by atoms with van der Waals surface area (Å²) in [6.45, 7) is 0. The molecule has 0 aromatic heterocycles. The Bertz CT molecular complexity index is 198. The third-order valence-electron chi connectivity index (χ3n) is 0.591. The summed E-state index contributed by atoms with van der Waals surface area (Å²) in [6.07, 6.45) is 0.625. The molecule has 0 atom stereocenters. The van der Waals surface area contributed by atoms with Crippen LogP contribution in [0.4, 0.5) is 0 Å². The van der Waals surface area contributed by atoms with Gasteiger partial charge in [0, 0.05) is 0 Å². The Morgan fingerprint density at radius 3 is 1.56 bits per heavy atom. The Labute approximate surface area is 52.3 Å². The van der Waals surface area contributed by atoms with Gasteiger partial charge in [-0.2, -0.15) is 4.31 Å². The van der Waals surface area contributed by atoms with Crippen LogP contribution < -0.4 is 0 Å². The van der Waals surface area contributed by atoms with Crippen LogP contribution in [-0.4, -0.2) is 31.8 Å². The Morgan fingerprint density at radius 1 is 1.22 bits per heavy atom.